The van der Waals surface area contributed by atoms with E-state index in [0.29, 0.717) is 12.1 Å². The minimum atomic E-state index is -0.0688. The summed E-state index contributed by atoms with van der Waals surface area (Å²) in [5.41, 5.74) is 3.72. The first kappa shape index (κ1) is 15.8. The Morgan fingerprint density at radius 3 is 3.04 bits per heavy atom. The third kappa shape index (κ3) is 3.42. The summed E-state index contributed by atoms with van der Waals surface area (Å²) in [6.07, 6.45) is 4.20. The molecule has 1 fully saturated rings. The van der Waals surface area contributed by atoms with Crippen LogP contribution in [-0.4, -0.2) is 34.9 Å². The largest absolute Gasteiger partial charge is 0.376 e. The molecule has 5 nitrogen and oxygen atoms in total. The molecule has 3 aromatic rings. The summed E-state index contributed by atoms with van der Waals surface area (Å²) >= 11 is 0. The summed E-state index contributed by atoms with van der Waals surface area (Å²) < 4.78 is 7.40. The Kier molecular flexibility index (Phi) is 4.24. The van der Waals surface area contributed by atoms with Gasteiger partial charge in [-0.3, -0.25) is 4.79 Å². The summed E-state index contributed by atoms with van der Waals surface area (Å²) in [6.45, 7) is 3.42. The first-order valence-electron chi connectivity index (χ1n) is 8.65. The fraction of sp³-hybridized carbons (Fsp3) is 0.300. The second-order valence-corrected chi connectivity index (χ2v) is 6.53. The molecule has 1 atom stereocenters. The average Bonchev–Trinajstić information content (AvgIpc) is 3.28. The molecule has 1 aliphatic rings. The van der Waals surface area contributed by atoms with Crippen LogP contribution < -0.4 is 5.32 Å². The van der Waals surface area contributed by atoms with Crippen molar-refractivity contribution in [1.29, 1.82) is 0 Å². The van der Waals surface area contributed by atoms with Crippen molar-refractivity contribution in [3.63, 3.8) is 0 Å². The number of amides is 1. The smallest absolute Gasteiger partial charge is 0.251 e. The van der Waals surface area contributed by atoms with E-state index in [4.69, 9.17) is 4.74 Å². The van der Waals surface area contributed by atoms with E-state index in [1.165, 1.54) is 5.56 Å². The third-order valence-electron chi connectivity index (χ3n) is 4.55. The fourth-order valence-electron chi connectivity index (χ4n) is 3.18. The Morgan fingerprint density at radius 1 is 1.32 bits per heavy atom. The van der Waals surface area contributed by atoms with Crippen LogP contribution in [0.25, 0.3) is 16.6 Å². The first-order valence-corrected chi connectivity index (χ1v) is 8.65. The van der Waals surface area contributed by atoms with E-state index in [2.05, 4.69) is 29.5 Å². The maximum atomic E-state index is 12.4. The average molecular weight is 335 g/mol. The number of hydrogen-bond acceptors (Lipinski definition) is 3. The molecule has 1 aliphatic heterocycles. The summed E-state index contributed by atoms with van der Waals surface area (Å²) in [6, 6.07) is 13.8. The van der Waals surface area contributed by atoms with Crippen molar-refractivity contribution in [3.05, 3.63) is 59.8 Å². The van der Waals surface area contributed by atoms with E-state index >= 15 is 0 Å². The quantitative estimate of drug-likeness (QED) is 0.796. The van der Waals surface area contributed by atoms with Gasteiger partial charge in [0.05, 0.1) is 17.3 Å². The number of benzene rings is 2. The number of carbonyl (C=O) groups is 1. The Bertz CT molecular complexity index is 910. The molecule has 1 N–H and O–H groups in total. The van der Waals surface area contributed by atoms with Gasteiger partial charge in [-0.05, 0) is 55.7 Å². The lowest BCUT2D eigenvalue weighted by Crippen LogP contribution is -2.31. The van der Waals surface area contributed by atoms with Gasteiger partial charge in [-0.1, -0.05) is 12.1 Å². The van der Waals surface area contributed by atoms with Crippen molar-refractivity contribution in [2.45, 2.75) is 25.9 Å². The zero-order chi connectivity index (χ0) is 17.2. The van der Waals surface area contributed by atoms with Gasteiger partial charge in [0.15, 0.2) is 0 Å². The Labute approximate surface area is 146 Å². The summed E-state index contributed by atoms with van der Waals surface area (Å²) in [5.74, 6) is -0.0688. The zero-order valence-corrected chi connectivity index (χ0v) is 14.2. The van der Waals surface area contributed by atoms with Gasteiger partial charge >= 0.3 is 0 Å². The fourth-order valence-corrected chi connectivity index (χ4v) is 3.18. The van der Waals surface area contributed by atoms with Gasteiger partial charge in [-0.25, -0.2) is 4.68 Å². The van der Waals surface area contributed by atoms with Crippen LogP contribution in [0.5, 0.6) is 0 Å². The molecule has 1 saturated heterocycles. The van der Waals surface area contributed by atoms with E-state index < -0.39 is 0 Å². The van der Waals surface area contributed by atoms with Gasteiger partial charge in [0.2, 0.25) is 0 Å². The van der Waals surface area contributed by atoms with Gasteiger partial charge in [0.25, 0.3) is 5.91 Å². The molecule has 128 valence electrons. The molecule has 0 spiro atoms. The number of hydrogen-bond donors (Lipinski definition) is 1. The number of nitrogens with one attached hydrogen (secondary N) is 1. The molecule has 0 radical (unpaired) electrons. The second kappa shape index (κ2) is 6.69. The maximum Gasteiger partial charge on any atom is 0.251 e. The van der Waals surface area contributed by atoms with Crippen molar-refractivity contribution in [2.24, 2.45) is 0 Å². The standard InChI is InChI=1S/C20H21N3O2/c1-14-4-2-5-17(10-14)23-13-16-11-15(7-8-19(16)22-23)20(24)21-12-18-6-3-9-25-18/h2,4-5,7-8,10-11,13,18H,3,6,9,12H2,1H3,(H,21,24). The van der Waals surface area contributed by atoms with Crippen LogP contribution >= 0.6 is 0 Å². The highest BCUT2D eigenvalue weighted by Crippen LogP contribution is 2.18. The van der Waals surface area contributed by atoms with E-state index in [-0.39, 0.29) is 12.0 Å². The van der Waals surface area contributed by atoms with Crippen LogP contribution in [-0.2, 0) is 4.74 Å². The summed E-state index contributed by atoms with van der Waals surface area (Å²) in [4.78, 5) is 12.4. The molecular formula is C20H21N3O2. The molecule has 1 aromatic heterocycles. The number of nitrogens with zero attached hydrogens (tertiary/aromatic N) is 2. The van der Waals surface area contributed by atoms with Gasteiger partial charge in [-0.2, -0.15) is 5.10 Å². The molecule has 2 aromatic carbocycles. The van der Waals surface area contributed by atoms with Crippen LogP contribution in [0.3, 0.4) is 0 Å². The lowest BCUT2D eigenvalue weighted by molar-refractivity contribution is 0.0858. The normalized spacial score (nSPS) is 17.1. The monoisotopic (exact) mass is 335 g/mol. The molecule has 4 rings (SSSR count). The SMILES string of the molecule is Cc1cccc(-n2cc3cc(C(=O)NCC4CCCO4)ccc3n2)c1. The molecule has 0 bridgehead atoms. The minimum absolute atomic E-state index is 0.0688. The van der Waals surface area contributed by atoms with Crippen LogP contribution in [0.15, 0.2) is 48.7 Å². The summed E-state index contributed by atoms with van der Waals surface area (Å²) in [7, 11) is 0. The highest BCUT2D eigenvalue weighted by molar-refractivity contribution is 5.97. The molecule has 0 saturated carbocycles. The van der Waals surface area contributed by atoms with Gasteiger partial charge in [-0.15, -0.1) is 0 Å². The molecule has 1 unspecified atom stereocenters. The number of carbonyl (C=O) groups excluding carboxylic acids is 1. The summed E-state index contributed by atoms with van der Waals surface area (Å²) in [5, 5.41) is 8.51. The van der Waals surface area contributed by atoms with Crippen LogP contribution in [0.2, 0.25) is 0 Å². The highest BCUT2D eigenvalue weighted by atomic mass is 16.5. The molecule has 1 amide bonds. The zero-order valence-electron chi connectivity index (χ0n) is 14.2. The lowest BCUT2D eigenvalue weighted by Gasteiger charge is -2.10. The first-order chi connectivity index (χ1) is 12.2. The number of aromatic nitrogens is 2. The second-order valence-electron chi connectivity index (χ2n) is 6.53. The van der Waals surface area contributed by atoms with E-state index in [0.717, 1.165) is 36.0 Å². The topological polar surface area (TPSA) is 56.2 Å². The Balaban J connectivity index is 1.54. The number of rotatable bonds is 4. The van der Waals surface area contributed by atoms with Crippen molar-refractivity contribution in [2.75, 3.05) is 13.2 Å². The third-order valence-corrected chi connectivity index (χ3v) is 4.55. The van der Waals surface area contributed by atoms with Crippen molar-refractivity contribution in [1.82, 2.24) is 15.1 Å². The van der Waals surface area contributed by atoms with Crippen molar-refractivity contribution in [3.8, 4) is 5.69 Å². The molecule has 25 heavy (non-hydrogen) atoms. The van der Waals surface area contributed by atoms with Crippen LogP contribution in [0.1, 0.15) is 28.8 Å². The van der Waals surface area contributed by atoms with E-state index in [1.54, 1.807) is 0 Å². The van der Waals surface area contributed by atoms with Gasteiger partial charge in [0.1, 0.15) is 0 Å². The van der Waals surface area contributed by atoms with Crippen LogP contribution in [0.4, 0.5) is 0 Å². The molecular weight excluding hydrogens is 314 g/mol. The predicted molar refractivity (Wildman–Crippen MR) is 97.1 cm³/mol. The Morgan fingerprint density at radius 2 is 2.24 bits per heavy atom. The number of ether oxygens (including phenoxy) is 1. The maximum absolute atomic E-state index is 12.4. The molecule has 0 aliphatic carbocycles. The van der Waals surface area contributed by atoms with Crippen molar-refractivity contribution < 1.29 is 9.53 Å². The van der Waals surface area contributed by atoms with Crippen molar-refractivity contribution >= 4 is 16.8 Å². The number of fused-ring (bicyclic) bond motifs is 1. The minimum Gasteiger partial charge on any atom is -0.376 e. The van der Waals surface area contributed by atoms with Crippen LogP contribution in [0, 0.1) is 6.92 Å². The van der Waals surface area contributed by atoms with Gasteiger partial charge < -0.3 is 10.1 Å². The highest BCUT2D eigenvalue weighted by Gasteiger charge is 2.17. The lowest BCUT2D eigenvalue weighted by atomic mass is 10.1. The van der Waals surface area contributed by atoms with Gasteiger partial charge in [0, 0.05) is 30.3 Å². The molecule has 2 heterocycles. The van der Waals surface area contributed by atoms with E-state index in [1.807, 2.05) is 41.2 Å². The molecule has 5 heteroatoms. The predicted octanol–water partition coefficient (Wildman–Crippen LogP) is 3.24. The van der Waals surface area contributed by atoms with E-state index in [9.17, 15) is 4.79 Å². The number of aryl methyl sites for hydroxylation is 1. The Hall–Kier alpha value is -2.66.